The van der Waals surface area contributed by atoms with E-state index in [1.54, 1.807) is 6.08 Å². The van der Waals surface area contributed by atoms with Crippen LogP contribution < -0.4 is 0 Å². The van der Waals surface area contributed by atoms with Crippen LogP contribution in [0.3, 0.4) is 0 Å². The molecular weight excluding hydrogens is 348 g/mol. The van der Waals surface area contributed by atoms with Crippen LogP contribution in [0.4, 0.5) is 0 Å². The van der Waals surface area contributed by atoms with Gasteiger partial charge in [0.25, 0.3) is 0 Å². The molecule has 0 aromatic heterocycles. The van der Waals surface area contributed by atoms with Gasteiger partial charge in [-0.2, -0.15) is 0 Å². The van der Waals surface area contributed by atoms with Gasteiger partial charge in [-0.15, -0.1) is 6.58 Å². The Bertz CT molecular complexity index is 680. The average Bonchev–Trinajstić information content (AvgIpc) is 2.64. The molecule has 7 atom stereocenters. The zero-order valence-corrected chi connectivity index (χ0v) is 13.6. The number of aliphatic hydroxyl groups excluding tert-OH is 5. The van der Waals surface area contributed by atoms with E-state index in [-0.39, 0.29) is 12.4 Å². The highest BCUT2D eigenvalue weighted by atomic mass is 16.7. The van der Waals surface area contributed by atoms with Crippen LogP contribution in [0.15, 0.2) is 48.0 Å². The van der Waals surface area contributed by atoms with E-state index in [1.165, 1.54) is 12.2 Å². The zero-order valence-electron chi connectivity index (χ0n) is 13.6. The van der Waals surface area contributed by atoms with Crippen LogP contribution in [-0.4, -0.2) is 74.9 Å². The molecule has 1 saturated heterocycles. The molecule has 5 N–H and O–H groups in total. The second-order valence-corrected chi connectivity index (χ2v) is 6.11. The summed E-state index contributed by atoms with van der Waals surface area (Å²) in [4.78, 5) is 12.5. The number of aliphatic hydroxyl groups is 5. The standard InChI is InChI=1S/C17H20O9/c1-2-7-8-3-4-24-11(6-18)9(8)5-10(19)15(7)25-17-14(22)12(20)13(21)16(23)26-17/h2-3,5-7,12-18,20-23H,1,4H2/b11-6-/t7-,12-,13-,14+,15+,16-,17+/m0/s1. The first kappa shape index (κ1) is 18.8. The van der Waals surface area contributed by atoms with Crippen LogP contribution in [0.5, 0.6) is 0 Å². The topological polar surface area (TPSA) is 146 Å². The Kier molecular flexibility index (Phi) is 5.28. The Balaban J connectivity index is 1.87. The molecular formula is C17H20O9. The SMILES string of the molecule is C=C[C@H]1C2=CCO/C(=C\O)C2=CC(=O)[C@@H]1O[C@@H]1O[C@H](O)[C@@H](O)[C@H](O)[C@H]1O. The maximum atomic E-state index is 12.5. The maximum absolute atomic E-state index is 12.5. The van der Waals surface area contributed by atoms with Gasteiger partial charge in [0.2, 0.25) is 0 Å². The Morgan fingerprint density at radius 1 is 1.19 bits per heavy atom. The average molecular weight is 368 g/mol. The maximum Gasteiger partial charge on any atom is 0.190 e. The molecule has 1 fully saturated rings. The molecule has 142 valence electrons. The van der Waals surface area contributed by atoms with Crippen LogP contribution >= 0.6 is 0 Å². The van der Waals surface area contributed by atoms with E-state index in [1.807, 2.05) is 0 Å². The third-order valence-corrected chi connectivity index (χ3v) is 4.57. The van der Waals surface area contributed by atoms with Crippen molar-refractivity contribution in [2.45, 2.75) is 37.0 Å². The lowest BCUT2D eigenvalue weighted by molar-refractivity contribution is -0.346. The molecule has 3 rings (SSSR count). The molecule has 1 aliphatic carbocycles. The largest absolute Gasteiger partial charge is 0.512 e. The Hall–Kier alpha value is -2.01. The monoisotopic (exact) mass is 368 g/mol. The normalized spacial score (nSPS) is 41.8. The van der Waals surface area contributed by atoms with Crippen molar-refractivity contribution in [3.63, 3.8) is 0 Å². The fourth-order valence-electron chi connectivity index (χ4n) is 3.18. The molecule has 2 heterocycles. The Labute approximate surface area is 148 Å². The number of hydrogen-bond donors (Lipinski definition) is 5. The molecule has 9 heteroatoms. The highest BCUT2D eigenvalue weighted by Crippen LogP contribution is 2.38. The van der Waals surface area contributed by atoms with Gasteiger partial charge in [0, 0.05) is 11.5 Å². The lowest BCUT2D eigenvalue weighted by Crippen LogP contribution is -2.59. The minimum absolute atomic E-state index is 0.143. The van der Waals surface area contributed by atoms with E-state index in [2.05, 4.69) is 6.58 Å². The van der Waals surface area contributed by atoms with E-state index < -0.39 is 48.7 Å². The molecule has 9 nitrogen and oxygen atoms in total. The van der Waals surface area contributed by atoms with E-state index in [0.717, 1.165) is 6.26 Å². The molecule has 26 heavy (non-hydrogen) atoms. The molecule has 0 unspecified atom stereocenters. The predicted molar refractivity (Wildman–Crippen MR) is 85.3 cm³/mol. The minimum Gasteiger partial charge on any atom is -0.512 e. The highest BCUT2D eigenvalue weighted by Gasteiger charge is 2.47. The summed E-state index contributed by atoms with van der Waals surface area (Å²) in [6.45, 7) is 3.88. The van der Waals surface area contributed by atoms with Gasteiger partial charge in [0.15, 0.2) is 24.1 Å². The highest BCUT2D eigenvalue weighted by molar-refractivity contribution is 5.98. The number of allylic oxidation sites excluding steroid dienone is 1. The fourth-order valence-corrected chi connectivity index (χ4v) is 3.18. The summed E-state index contributed by atoms with van der Waals surface area (Å²) in [6, 6.07) is 0. The third-order valence-electron chi connectivity index (χ3n) is 4.57. The summed E-state index contributed by atoms with van der Waals surface area (Å²) in [7, 11) is 0. The number of carbonyl (C=O) groups excluding carboxylic acids is 1. The van der Waals surface area contributed by atoms with Crippen LogP contribution in [0, 0.1) is 5.92 Å². The van der Waals surface area contributed by atoms with Crippen LogP contribution in [0.2, 0.25) is 0 Å². The van der Waals surface area contributed by atoms with Crippen molar-refractivity contribution < 1.29 is 44.5 Å². The van der Waals surface area contributed by atoms with E-state index in [9.17, 15) is 30.3 Å². The first-order valence-corrected chi connectivity index (χ1v) is 7.98. The van der Waals surface area contributed by atoms with Gasteiger partial charge in [-0.3, -0.25) is 4.79 Å². The summed E-state index contributed by atoms with van der Waals surface area (Å²) >= 11 is 0. The smallest absolute Gasteiger partial charge is 0.190 e. The van der Waals surface area contributed by atoms with E-state index in [0.29, 0.717) is 11.1 Å². The zero-order chi connectivity index (χ0) is 19.0. The minimum atomic E-state index is -1.78. The van der Waals surface area contributed by atoms with Crippen molar-refractivity contribution >= 4 is 5.78 Å². The molecule has 2 aliphatic heterocycles. The predicted octanol–water partition coefficient (Wildman–Crippen LogP) is -1.20. The second-order valence-electron chi connectivity index (χ2n) is 6.11. The second kappa shape index (κ2) is 7.31. The summed E-state index contributed by atoms with van der Waals surface area (Å²) < 4.78 is 15.8. The molecule has 0 spiro atoms. The molecule has 0 bridgehead atoms. The van der Waals surface area contributed by atoms with Gasteiger partial charge in [-0.1, -0.05) is 6.08 Å². The summed E-state index contributed by atoms with van der Waals surface area (Å²) in [5.41, 5.74) is 1.04. The van der Waals surface area contributed by atoms with E-state index >= 15 is 0 Å². The number of hydrogen-bond acceptors (Lipinski definition) is 9. The molecule has 0 amide bonds. The van der Waals surface area contributed by atoms with Gasteiger partial charge in [-0.05, 0) is 17.7 Å². The number of ether oxygens (including phenoxy) is 3. The lowest BCUT2D eigenvalue weighted by Gasteiger charge is -2.41. The van der Waals surface area contributed by atoms with Crippen molar-refractivity contribution in [1.29, 1.82) is 0 Å². The number of ketones is 1. The first-order chi connectivity index (χ1) is 12.4. The van der Waals surface area contributed by atoms with Crippen LogP contribution in [0.25, 0.3) is 0 Å². The van der Waals surface area contributed by atoms with Crippen molar-refractivity contribution in [2.75, 3.05) is 6.61 Å². The van der Waals surface area contributed by atoms with Gasteiger partial charge in [0.05, 0.1) is 0 Å². The quantitative estimate of drug-likeness (QED) is 0.306. The van der Waals surface area contributed by atoms with E-state index in [4.69, 9.17) is 14.2 Å². The van der Waals surface area contributed by atoms with Gasteiger partial charge in [0.1, 0.15) is 37.3 Å². The Morgan fingerprint density at radius 3 is 2.58 bits per heavy atom. The van der Waals surface area contributed by atoms with Crippen LogP contribution in [-0.2, 0) is 19.0 Å². The molecule has 0 aromatic rings. The number of fused-ring (bicyclic) bond motifs is 1. The van der Waals surface area contributed by atoms with Crippen molar-refractivity contribution in [2.24, 2.45) is 5.92 Å². The first-order valence-electron chi connectivity index (χ1n) is 7.98. The van der Waals surface area contributed by atoms with Crippen molar-refractivity contribution in [3.8, 4) is 0 Å². The number of rotatable bonds is 3. The van der Waals surface area contributed by atoms with Crippen molar-refractivity contribution in [1.82, 2.24) is 0 Å². The van der Waals surface area contributed by atoms with Crippen LogP contribution in [0.1, 0.15) is 0 Å². The summed E-state index contributed by atoms with van der Waals surface area (Å²) in [6.07, 6.45) is -4.38. The molecule has 0 saturated carbocycles. The number of carbonyl (C=O) groups is 1. The Morgan fingerprint density at radius 2 is 1.92 bits per heavy atom. The van der Waals surface area contributed by atoms with Gasteiger partial charge < -0.3 is 39.7 Å². The third kappa shape index (κ3) is 3.09. The fraction of sp³-hybridized carbons (Fsp3) is 0.471. The van der Waals surface area contributed by atoms with Crippen molar-refractivity contribution in [3.05, 3.63) is 48.0 Å². The molecule has 3 aliphatic rings. The molecule has 0 aromatic carbocycles. The molecule has 0 radical (unpaired) electrons. The lowest BCUT2D eigenvalue weighted by atomic mass is 9.79. The van der Waals surface area contributed by atoms with Gasteiger partial charge >= 0.3 is 0 Å². The van der Waals surface area contributed by atoms with Gasteiger partial charge in [-0.25, -0.2) is 0 Å². The summed E-state index contributed by atoms with van der Waals surface area (Å²) in [5.74, 6) is -1.000. The summed E-state index contributed by atoms with van der Waals surface area (Å²) in [5, 5.41) is 48.2.